The average Bonchev–Trinajstić information content (AvgIpc) is 3.35. The van der Waals surface area contributed by atoms with Crippen LogP contribution in [0.2, 0.25) is 0 Å². The number of nitrogens with zero attached hydrogens (tertiary/aromatic N) is 3. The third-order valence-electron chi connectivity index (χ3n) is 8.70. The number of anilines is 1. The summed E-state index contributed by atoms with van der Waals surface area (Å²) in [6.07, 6.45) is 3.76. The Kier molecular flexibility index (Phi) is 7.66. The molecule has 2 fully saturated rings. The van der Waals surface area contributed by atoms with Crippen molar-refractivity contribution in [2.24, 2.45) is 5.41 Å². The number of piperidine rings is 1. The molecule has 0 unspecified atom stereocenters. The van der Waals surface area contributed by atoms with Crippen molar-refractivity contribution in [1.82, 2.24) is 9.47 Å². The van der Waals surface area contributed by atoms with Crippen molar-refractivity contribution in [2.75, 3.05) is 32.6 Å². The Hall–Kier alpha value is -3.39. The van der Waals surface area contributed by atoms with Crippen LogP contribution in [-0.4, -0.2) is 61.1 Å². The minimum Gasteiger partial charge on any atom is -0.465 e. The van der Waals surface area contributed by atoms with Crippen LogP contribution in [0.15, 0.2) is 42.6 Å². The standard InChI is InChI=1S/C33H42FN3O4/c1-21-16-27(35(5)6)26(25-12-14-37(29(21)25)31(39)41-32(2,3)4)20-36-15-13-33(17-24(34)18-33)19-28(36)22-8-10-23(11-9-22)30(38)40-7/h8-12,14,16,24,28H,13,15,17-20H2,1-7H3/t24?,28-,33?/m0/s1. The maximum absolute atomic E-state index is 14.1. The molecule has 220 valence electrons. The van der Waals surface area contributed by atoms with Crippen molar-refractivity contribution < 1.29 is 23.5 Å². The molecule has 1 saturated heterocycles. The third-order valence-corrected chi connectivity index (χ3v) is 8.70. The van der Waals surface area contributed by atoms with Crippen LogP contribution in [0.4, 0.5) is 14.9 Å². The number of likely N-dealkylation sites (tertiary alicyclic amines) is 1. The molecule has 1 saturated carbocycles. The maximum Gasteiger partial charge on any atom is 0.419 e. The van der Waals surface area contributed by atoms with Crippen LogP contribution >= 0.6 is 0 Å². The SMILES string of the molecule is COC(=O)c1ccc([C@@H]2CC3(CCN2Cc2c(N(C)C)cc(C)c4c2ccn4C(=O)OC(C)(C)C)CC(F)C3)cc1. The Labute approximate surface area is 242 Å². The van der Waals surface area contributed by atoms with E-state index in [-0.39, 0.29) is 17.4 Å². The molecule has 2 aliphatic rings. The number of rotatable bonds is 5. The van der Waals surface area contributed by atoms with E-state index in [2.05, 4.69) is 15.9 Å². The number of methoxy groups -OCH3 is 1. The first-order chi connectivity index (χ1) is 19.3. The molecule has 1 aromatic heterocycles. The van der Waals surface area contributed by atoms with Gasteiger partial charge in [-0.3, -0.25) is 9.47 Å². The summed E-state index contributed by atoms with van der Waals surface area (Å²) < 4.78 is 26.3. The van der Waals surface area contributed by atoms with Crippen molar-refractivity contribution in [3.63, 3.8) is 0 Å². The number of aromatic nitrogens is 1. The van der Waals surface area contributed by atoms with Gasteiger partial charge in [-0.1, -0.05) is 12.1 Å². The monoisotopic (exact) mass is 563 g/mol. The molecular weight excluding hydrogens is 521 g/mol. The first-order valence-corrected chi connectivity index (χ1v) is 14.4. The Bertz CT molecular complexity index is 1450. The number of halogens is 1. The van der Waals surface area contributed by atoms with E-state index in [9.17, 15) is 14.0 Å². The van der Waals surface area contributed by atoms with Gasteiger partial charge in [-0.25, -0.2) is 14.0 Å². The van der Waals surface area contributed by atoms with Gasteiger partial charge in [-0.2, -0.15) is 0 Å². The lowest BCUT2D eigenvalue weighted by Gasteiger charge is -2.53. The van der Waals surface area contributed by atoms with E-state index < -0.39 is 17.9 Å². The van der Waals surface area contributed by atoms with Crippen LogP contribution in [0.25, 0.3) is 10.9 Å². The Morgan fingerprint density at radius 2 is 1.78 bits per heavy atom. The van der Waals surface area contributed by atoms with Gasteiger partial charge in [0.05, 0.1) is 18.2 Å². The zero-order chi connectivity index (χ0) is 29.7. The highest BCUT2D eigenvalue weighted by Gasteiger charge is 2.49. The lowest BCUT2D eigenvalue weighted by Crippen LogP contribution is -2.49. The predicted octanol–water partition coefficient (Wildman–Crippen LogP) is 7.04. The molecule has 3 aromatic rings. The zero-order valence-corrected chi connectivity index (χ0v) is 25.3. The smallest absolute Gasteiger partial charge is 0.419 e. The largest absolute Gasteiger partial charge is 0.465 e. The van der Waals surface area contributed by atoms with E-state index in [0.717, 1.165) is 52.7 Å². The van der Waals surface area contributed by atoms with Crippen LogP contribution in [0.3, 0.4) is 0 Å². The molecule has 2 aromatic carbocycles. The van der Waals surface area contributed by atoms with E-state index >= 15 is 0 Å². The second-order valence-corrected chi connectivity index (χ2v) is 13.1. The number of carbonyl (C=O) groups is 2. The van der Waals surface area contributed by atoms with Gasteiger partial charge >= 0.3 is 12.1 Å². The van der Waals surface area contributed by atoms with Crippen molar-refractivity contribution >= 4 is 28.7 Å². The fraction of sp³-hybridized carbons (Fsp3) is 0.515. The van der Waals surface area contributed by atoms with Gasteiger partial charge in [-0.15, -0.1) is 0 Å². The topological polar surface area (TPSA) is 64.0 Å². The highest BCUT2D eigenvalue weighted by atomic mass is 19.1. The first-order valence-electron chi connectivity index (χ1n) is 14.4. The molecule has 1 atom stereocenters. The van der Waals surface area contributed by atoms with Gasteiger partial charge in [0.1, 0.15) is 11.8 Å². The molecule has 1 spiro atoms. The van der Waals surface area contributed by atoms with Gasteiger partial charge in [0, 0.05) is 44.0 Å². The lowest BCUT2D eigenvalue weighted by atomic mass is 9.60. The molecule has 41 heavy (non-hydrogen) atoms. The number of alkyl halides is 1. The number of hydrogen-bond donors (Lipinski definition) is 0. The summed E-state index contributed by atoms with van der Waals surface area (Å²) >= 11 is 0. The van der Waals surface area contributed by atoms with Crippen molar-refractivity contribution in [3.05, 3.63) is 64.8 Å². The summed E-state index contributed by atoms with van der Waals surface area (Å²) in [5, 5.41) is 1.02. The second kappa shape index (κ2) is 10.8. The first kappa shape index (κ1) is 29.1. The average molecular weight is 564 g/mol. The normalized spacial score (nSPS) is 22.9. The predicted molar refractivity (Wildman–Crippen MR) is 159 cm³/mol. The Morgan fingerprint density at radius 3 is 2.37 bits per heavy atom. The number of aryl methyl sites for hydroxylation is 1. The molecule has 5 rings (SSSR count). The molecule has 0 bridgehead atoms. The minimum absolute atomic E-state index is 0.0224. The van der Waals surface area contributed by atoms with E-state index in [4.69, 9.17) is 9.47 Å². The lowest BCUT2D eigenvalue weighted by molar-refractivity contribution is -0.0559. The van der Waals surface area contributed by atoms with Crippen molar-refractivity contribution in [2.45, 2.75) is 77.7 Å². The Balaban J connectivity index is 1.54. The van der Waals surface area contributed by atoms with Gasteiger partial charge in [-0.05, 0) is 106 Å². The molecule has 0 radical (unpaired) electrons. The van der Waals surface area contributed by atoms with Crippen molar-refractivity contribution in [3.8, 4) is 0 Å². The summed E-state index contributed by atoms with van der Waals surface area (Å²) in [4.78, 5) is 29.8. The van der Waals surface area contributed by atoms with Crippen LogP contribution in [-0.2, 0) is 16.0 Å². The highest BCUT2D eigenvalue weighted by Crippen LogP contribution is 2.55. The summed E-state index contributed by atoms with van der Waals surface area (Å²) in [5.41, 5.74) is 5.14. The molecule has 0 N–H and O–H groups in total. The maximum atomic E-state index is 14.1. The van der Waals surface area contributed by atoms with E-state index in [1.165, 1.54) is 7.11 Å². The number of carbonyl (C=O) groups excluding carboxylic acids is 2. The van der Waals surface area contributed by atoms with E-state index in [1.807, 2.05) is 72.1 Å². The third kappa shape index (κ3) is 5.71. The van der Waals surface area contributed by atoms with Crippen LogP contribution < -0.4 is 4.90 Å². The summed E-state index contributed by atoms with van der Waals surface area (Å²) in [6, 6.07) is 11.9. The van der Waals surface area contributed by atoms with Crippen LogP contribution in [0, 0.1) is 12.3 Å². The molecule has 0 amide bonds. The van der Waals surface area contributed by atoms with E-state index in [0.29, 0.717) is 24.9 Å². The van der Waals surface area contributed by atoms with Crippen LogP contribution in [0.5, 0.6) is 0 Å². The summed E-state index contributed by atoms with van der Waals surface area (Å²) in [6.45, 7) is 9.14. The van der Waals surface area contributed by atoms with E-state index in [1.54, 1.807) is 10.8 Å². The highest BCUT2D eigenvalue weighted by molar-refractivity contribution is 5.96. The molecule has 7 nitrogen and oxygen atoms in total. The number of hydrogen-bond acceptors (Lipinski definition) is 6. The van der Waals surface area contributed by atoms with Crippen LogP contribution in [0.1, 0.15) is 79.5 Å². The molecule has 1 aliphatic carbocycles. The van der Waals surface area contributed by atoms with Gasteiger partial charge in [0.15, 0.2) is 0 Å². The Morgan fingerprint density at radius 1 is 1.10 bits per heavy atom. The number of benzene rings is 2. The quantitative estimate of drug-likeness (QED) is 0.310. The summed E-state index contributed by atoms with van der Waals surface area (Å²) in [5.74, 6) is -0.361. The van der Waals surface area contributed by atoms with Gasteiger partial charge in [0.2, 0.25) is 0 Å². The molecule has 1 aliphatic heterocycles. The number of ether oxygens (including phenoxy) is 2. The number of fused-ring (bicyclic) bond motifs is 1. The second-order valence-electron chi connectivity index (χ2n) is 13.1. The van der Waals surface area contributed by atoms with Gasteiger partial charge < -0.3 is 14.4 Å². The van der Waals surface area contributed by atoms with Gasteiger partial charge in [0.25, 0.3) is 0 Å². The molecule has 8 heteroatoms. The zero-order valence-electron chi connectivity index (χ0n) is 25.3. The fourth-order valence-corrected chi connectivity index (χ4v) is 6.71. The molecule has 2 heterocycles. The minimum atomic E-state index is -0.714. The molecular formula is C33H42FN3O4. The number of esters is 1. The summed E-state index contributed by atoms with van der Waals surface area (Å²) in [7, 11) is 5.46. The van der Waals surface area contributed by atoms with Crippen molar-refractivity contribution in [1.29, 1.82) is 0 Å². The fourth-order valence-electron chi connectivity index (χ4n) is 6.71.